The van der Waals surface area contributed by atoms with Crippen molar-refractivity contribution >= 4 is 5.91 Å². The predicted octanol–water partition coefficient (Wildman–Crippen LogP) is 1.57. The highest BCUT2D eigenvalue weighted by atomic mass is 16.5. The monoisotopic (exact) mass is 239 g/mol. The summed E-state index contributed by atoms with van der Waals surface area (Å²) in [4.78, 5) is 11.8. The Balaban J connectivity index is 2.26. The average Bonchev–Trinajstić information content (AvgIpc) is 2.63. The van der Waals surface area contributed by atoms with Gasteiger partial charge < -0.3 is 10.1 Å². The molecule has 0 bridgehead atoms. The Labute approximate surface area is 102 Å². The summed E-state index contributed by atoms with van der Waals surface area (Å²) >= 11 is 0. The molecule has 96 valence electrons. The highest BCUT2D eigenvalue weighted by Gasteiger charge is 2.14. The van der Waals surface area contributed by atoms with E-state index in [0.29, 0.717) is 18.7 Å². The molecule has 5 heteroatoms. The number of aromatic nitrogens is 2. The van der Waals surface area contributed by atoms with E-state index < -0.39 is 0 Å². The Kier molecular flexibility index (Phi) is 5.69. The molecule has 0 aromatic carbocycles. The number of amides is 1. The summed E-state index contributed by atoms with van der Waals surface area (Å²) < 4.78 is 5.36. The van der Waals surface area contributed by atoms with Crippen LogP contribution >= 0.6 is 0 Å². The molecule has 0 radical (unpaired) electrons. The van der Waals surface area contributed by atoms with Gasteiger partial charge in [0.25, 0.3) is 5.91 Å². The number of hydrogen-bond acceptors (Lipinski definition) is 3. The second-order valence-electron chi connectivity index (χ2n) is 4.03. The zero-order valence-electron chi connectivity index (χ0n) is 10.8. The third-order valence-electron chi connectivity index (χ3n) is 2.53. The van der Waals surface area contributed by atoms with Gasteiger partial charge in [0.15, 0.2) is 0 Å². The quantitative estimate of drug-likeness (QED) is 0.710. The van der Waals surface area contributed by atoms with Crippen molar-refractivity contribution in [2.24, 2.45) is 0 Å². The van der Waals surface area contributed by atoms with Crippen molar-refractivity contribution in [3.8, 4) is 0 Å². The molecule has 17 heavy (non-hydrogen) atoms. The molecule has 0 fully saturated rings. The van der Waals surface area contributed by atoms with E-state index in [1.807, 2.05) is 13.8 Å². The largest absolute Gasteiger partial charge is 0.380 e. The van der Waals surface area contributed by atoms with Crippen molar-refractivity contribution in [1.29, 1.82) is 0 Å². The van der Waals surface area contributed by atoms with E-state index >= 15 is 0 Å². The molecule has 1 rings (SSSR count). The van der Waals surface area contributed by atoms with Crippen LogP contribution in [0.2, 0.25) is 0 Å². The minimum Gasteiger partial charge on any atom is -0.380 e. The van der Waals surface area contributed by atoms with Gasteiger partial charge in [-0.3, -0.25) is 9.89 Å². The van der Waals surface area contributed by atoms with Crippen molar-refractivity contribution in [2.45, 2.75) is 33.6 Å². The summed E-state index contributed by atoms with van der Waals surface area (Å²) in [6.45, 7) is 7.63. The van der Waals surface area contributed by atoms with Crippen LogP contribution in [0.15, 0.2) is 0 Å². The number of nitrogens with one attached hydrogen (secondary N) is 2. The summed E-state index contributed by atoms with van der Waals surface area (Å²) in [5.41, 5.74) is 2.16. The molecule has 0 unspecified atom stereocenters. The first-order valence-corrected chi connectivity index (χ1v) is 6.04. The number of aromatic amines is 1. The smallest absolute Gasteiger partial charge is 0.255 e. The summed E-state index contributed by atoms with van der Waals surface area (Å²) in [5.74, 6) is -0.0900. The van der Waals surface area contributed by atoms with Crippen LogP contribution in [0.5, 0.6) is 0 Å². The van der Waals surface area contributed by atoms with Gasteiger partial charge in [0.1, 0.15) is 0 Å². The van der Waals surface area contributed by atoms with Crippen LogP contribution in [0.25, 0.3) is 0 Å². The lowest BCUT2D eigenvalue weighted by molar-refractivity contribution is 0.0911. The molecule has 1 aromatic rings. The number of ether oxygens (including phenoxy) is 1. The lowest BCUT2D eigenvalue weighted by Crippen LogP contribution is -2.28. The highest BCUT2D eigenvalue weighted by molar-refractivity contribution is 5.96. The number of unbranched alkanes of at least 4 members (excludes halogenated alkanes) is 1. The lowest BCUT2D eigenvalue weighted by Gasteiger charge is -2.06. The first-order valence-electron chi connectivity index (χ1n) is 6.04. The first-order chi connectivity index (χ1) is 8.16. The number of aryl methyl sites for hydroxylation is 2. The minimum atomic E-state index is -0.0900. The molecule has 1 amide bonds. The van der Waals surface area contributed by atoms with Gasteiger partial charge in [-0.15, -0.1) is 0 Å². The standard InChI is InChI=1S/C12H21N3O2/c1-4-5-7-17-8-6-13-12(16)11-9(2)14-15-10(11)3/h4-8H2,1-3H3,(H,13,16)(H,14,15). The lowest BCUT2D eigenvalue weighted by atomic mass is 10.2. The van der Waals surface area contributed by atoms with Crippen molar-refractivity contribution in [1.82, 2.24) is 15.5 Å². The molecule has 0 aliphatic heterocycles. The molecule has 0 saturated heterocycles. The molecule has 1 aromatic heterocycles. The minimum absolute atomic E-state index is 0.0900. The topological polar surface area (TPSA) is 67.0 Å². The molecule has 5 nitrogen and oxygen atoms in total. The second kappa shape index (κ2) is 7.06. The Morgan fingerprint density at radius 1 is 1.41 bits per heavy atom. The number of carbonyl (C=O) groups excluding carboxylic acids is 1. The molecule has 0 spiro atoms. The highest BCUT2D eigenvalue weighted by Crippen LogP contribution is 2.08. The summed E-state index contributed by atoms with van der Waals surface area (Å²) in [6, 6.07) is 0. The normalized spacial score (nSPS) is 10.5. The molecule has 1 heterocycles. The maximum atomic E-state index is 11.8. The van der Waals surface area contributed by atoms with Gasteiger partial charge in [-0.2, -0.15) is 5.10 Å². The fourth-order valence-electron chi connectivity index (χ4n) is 1.56. The fourth-order valence-corrected chi connectivity index (χ4v) is 1.56. The van der Waals surface area contributed by atoms with E-state index in [2.05, 4.69) is 22.4 Å². The van der Waals surface area contributed by atoms with Gasteiger partial charge in [-0.05, 0) is 20.3 Å². The molecular weight excluding hydrogens is 218 g/mol. The van der Waals surface area contributed by atoms with Gasteiger partial charge in [0.2, 0.25) is 0 Å². The van der Waals surface area contributed by atoms with Crippen molar-refractivity contribution in [3.05, 3.63) is 17.0 Å². The SMILES string of the molecule is CCCCOCCNC(=O)c1c(C)n[nH]c1C. The maximum absolute atomic E-state index is 11.8. The van der Waals surface area contributed by atoms with Gasteiger partial charge in [-0.25, -0.2) is 0 Å². The van der Waals surface area contributed by atoms with Crippen LogP contribution in [0.1, 0.15) is 41.5 Å². The van der Waals surface area contributed by atoms with E-state index in [-0.39, 0.29) is 5.91 Å². The molecule has 0 aliphatic rings. The van der Waals surface area contributed by atoms with Crippen molar-refractivity contribution in [3.63, 3.8) is 0 Å². The molecule has 0 saturated carbocycles. The number of hydrogen-bond donors (Lipinski definition) is 2. The Morgan fingerprint density at radius 3 is 2.76 bits per heavy atom. The van der Waals surface area contributed by atoms with Gasteiger partial charge in [-0.1, -0.05) is 13.3 Å². The van der Waals surface area contributed by atoms with Crippen LogP contribution in [0, 0.1) is 13.8 Å². The molecule has 0 aliphatic carbocycles. The van der Waals surface area contributed by atoms with Crippen LogP contribution in [0.4, 0.5) is 0 Å². The maximum Gasteiger partial charge on any atom is 0.255 e. The summed E-state index contributed by atoms with van der Waals surface area (Å²) in [6.07, 6.45) is 2.19. The van der Waals surface area contributed by atoms with Gasteiger partial charge in [0, 0.05) is 18.8 Å². The number of carbonyl (C=O) groups is 1. The first kappa shape index (κ1) is 13.7. The van der Waals surface area contributed by atoms with Gasteiger partial charge in [0.05, 0.1) is 17.9 Å². The van der Waals surface area contributed by atoms with Crippen molar-refractivity contribution in [2.75, 3.05) is 19.8 Å². The molecule has 2 N–H and O–H groups in total. The van der Waals surface area contributed by atoms with Crippen molar-refractivity contribution < 1.29 is 9.53 Å². The number of nitrogens with zero attached hydrogens (tertiary/aromatic N) is 1. The summed E-state index contributed by atoms with van der Waals surface area (Å²) in [5, 5.41) is 9.60. The van der Waals surface area contributed by atoms with Crippen LogP contribution in [-0.2, 0) is 4.74 Å². The van der Waals surface area contributed by atoms with Gasteiger partial charge >= 0.3 is 0 Å². The number of rotatable bonds is 7. The Hall–Kier alpha value is -1.36. The van der Waals surface area contributed by atoms with E-state index in [1.165, 1.54) is 0 Å². The third-order valence-corrected chi connectivity index (χ3v) is 2.53. The van der Waals surface area contributed by atoms with E-state index in [9.17, 15) is 4.79 Å². The third kappa shape index (κ3) is 4.19. The summed E-state index contributed by atoms with van der Waals surface area (Å²) in [7, 11) is 0. The zero-order chi connectivity index (χ0) is 12.7. The molecule has 0 atom stereocenters. The zero-order valence-corrected chi connectivity index (χ0v) is 10.8. The van der Waals surface area contributed by atoms with Crippen LogP contribution in [0.3, 0.4) is 0 Å². The predicted molar refractivity (Wildman–Crippen MR) is 66.1 cm³/mol. The Morgan fingerprint density at radius 2 is 2.18 bits per heavy atom. The molecular formula is C12H21N3O2. The number of H-pyrrole nitrogens is 1. The van der Waals surface area contributed by atoms with Crippen LogP contribution < -0.4 is 5.32 Å². The van der Waals surface area contributed by atoms with E-state index in [4.69, 9.17) is 4.74 Å². The van der Waals surface area contributed by atoms with E-state index in [0.717, 1.165) is 30.8 Å². The van der Waals surface area contributed by atoms with E-state index in [1.54, 1.807) is 0 Å². The fraction of sp³-hybridized carbons (Fsp3) is 0.667. The Bertz CT molecular complexity index is 341. The second-order valence-corrected chi connectivity index (χ2v) is 4.03. The van der Waals surface area contributed by atoms with Crippen LogP contribution in [-0.4, -0.2) is 35.9 Å². The average molecular weight is 239 g/mol.